The molecule has 0 saturated carbocycles. The lowest BCUT2D eigenvalue weighted by Gasteiger charge is -2.24. The fraction of sp³-hybridized carbons (Fsp3) is 0.273. The molecule has 45 heavy (non-hydrogen) atoms. The van der Waals surface area contributed by atoms with Gasteiger partial charge in [-0.15, -0.1) is 18.3 Å². The highest BCUT2D eigenvalue weighted by atomic mass is 32.2. The van der Waals surface area contributed by atoms with Crippen LogP contribution in [0.1, 0.15) is 50.3 Å². The second kappa shape index (κ2) is 13.2. The number of aryl methyl sites for hydroxylation is 1. The summed E-state index contributed by atoms with van der Waals surface area (Å²) in [5.41, 5.74) is 7.34. The molecule has 4 aromatic rings. The lowest BCUT2D eigenvalue weighted by molar-refractivity contribution is -0.274. The molecule has 1 aromatic heterocycles. The van der Waals surface area contributed by atoms with Crippen molar-refractivity contribution in [1.82, 2.24) is 20.1 Å². The molecule has 1 aliphatic rings. The van der Waals surface area contributed by atoms with E-state index >= 15 is 0 Å². The Morgan fingerprint density at radius 2 is 1.76 bits per heavy atom. The van der Waals surface area contributed by atoms with E-state index in [4.69, 9.17) is 0 Å². The Hall–Kier alpha value is -4.58. The average molecular weight is 635 g/mol. The fourth-order valence-corrected chi connectivity index (χ4v) is 6.09. The molecule has 0 unspecified atom stereocenters. The number of carbonyl (C=O) groups is 1. The number of hydrogen-bond acceptors (Lipinski definition) is 5. The number of urea groups is 1. The van der Waals surface area contributed by atoms with Crippen molar-refractivity contribution in [3.05, 3.63) is 95.4 Å². The van der Waals surface area contributed by atoms with Gasteiger partial charge in [0.25, 0.3) is 0 Å². The number of thioether (sulfide) groups is 1. The summed E-state index contributed by atoms with van der Waals surface area (Å²) >= 11 is 1.57. The molecule has 2 amide bonds. The van der Waals surface area contributed by atoms with Gasteiger partial charge in [0.2, 0.25) is 0 Å². The van der Waals surface area contributed by atoms with Crippen LogP contribution >= 0.6 is 11.8 Å². The monoisotopic (exact) mass is 634 g/mol. The maximum Gasteiger partial charge on any atom is 0.573 e. The molecular formula is C33H33F3N6O2S. The molecule has 2 heterocycles. The fourth-order valence-electron chi connectivity index (χ4n) is 5.14. The van der Waals surface area contributed by atoms with Crippen molar-refractivity contribution in [2.45, 2.75) is 46.9 Å². The molecule has 12 heteroatoms. The molecule has 3 aromatic carbocycles. The summed E-state index contributed by atoms with van der Waals surface area (Å²) in [5.74, 6) is 1.34. The zero-order valence-corrected chi connectivity index (χ0v) is 26.3. The van der Waals surface area contributed by atoms with Crippen molar-refractivity contribution in [2.24, 2.45) is 4.99 Å². The van der Waals surface area contributed by atoms with E-state index in [0.717, 1.165) is 34.7 Å². The first kappa shape index (κ1) is 31.8. The standard InChI is InChI=1S/C33H33F3N6O2S/c1-20(2)29-21(3)7-6-8-28(29)41-17-18-45-32(41)39-31(43)38-23(5)22(4)24-9-11-25(12-10-24)30-37-19-42(40-30)26-13-15-27(16-14-26)44-33(34,35)36/h6-16,19-20H,17-18H2,1-5H3,(H,38,43)/b23-22+,39-32-. The van der Waals surface area contributed by atoms with Crippen LogP contribution in [-0.2, 0) is 0 Å². The summed E-state index contributed by atoms with van der Waals surface area (Å²) in [6, 6.07) is 18.8. The molecule has 1 N–H and O–H groups in total. The highest BCUT2D eigenvalue weighted by molar-refractivity contribution is 8.14. The van der Waals surface area contributed by atoms with Gasteiger partial charge < -0.3 is 15.0 Å². The van der Waals surface area contributed by atoms with Gasteiger partial charge in [0.05, 0.1) is 5.69 Å². The summed E-state index contributed by atoms with van der Waals surface area (Å²) in [6.45, 7) is 11.0. The van der Waals surface area contributed by atoms with Crippen LogP contribution in [0.4, 0.5) is 23.7 Å². The Labute approximate surface area is 264 Å². The maximum atomic E-state index is 13.0. The van der Waals surface area contributed by atoms with Crippen LogP contribution < -0.4 is 15.0 Å². The smallest absolute Gasteiger partial charge is 0.406 e. The van der Waals surface area contributed by atoms with E-state index in [1.807, 2.05) is 44.2 Å². The normalized spacial score (nSPS) is 15.0. The minimum atomic E-state index is -4.75. The van der Waals surface area contributed by atoms with E-state index < -0.39 is 12.4 Å². The first-order valence-electron chi connectivity index (χ1n) is 14.4. The molecule has 0 aliphatic carbocycles. The number of amides is 2. The van der Waals surface area contributed by atoms with E-state index in [9.17, 15) is 18.0 Å². The number of aromatic nitrogens is 3. The van der Waals surface area contributed by atoms with Crippen LogP contribution in [0.3, 0.4) is 0 Å². The molecule has 0 radical (unpaired) electrons. The van der Waals surface area contributed by atoms with E-state index in [1.165, 1.54) is 46.4 Å². The Balaban J connectivity index is 1.26. The van der Waals surface area contributed by atoms with Crippen molar-refractivity contribution in [3.8, 4) is 22.8 Å². The predicted octanol–water partition coefficient (Wildman–Crippen LogP) is 8.33. The van der Waals surface area contributed by atoms with Crippen molar-refractivity contribution in [2.75, 3.05) is 17.2 Å². The van der Waals surface area contributed by atoms with Gasteiger partial charge in [0.15, 0.2) is 11.0 Å². The zero-order valence-electron chi connectivity index (χ0n) is 25.5. The van der Waals surface area contributed by atoms with Crippen LogP contribution in [0.25, 0.3) is 22.6 Å². The minimum Gasteiger partial charge on any atom is -0.406 e. The zero-order chi connectivity index (χ0) is 32.3. The Kier molecular flexibility index (Phi) is 9.33. The van der Waals surface area contributed by atoms with Crippen LogP contribution in [0, 0.1) is 6.92 Å². The molecule has 1 saturated heterocycles. The number of anilines is 1. The number of carbonyl (C=O) groups excluding carboxylic acids is 1. The Morgan fingerprint density at radius 1 is 1.04 bits per heavy atom. The van der Waals surface area contributed by atoms with Crippen molar-refractivity contribution >= 4 is 34.2 Å². The number of aliphatic imine (C=N–C) groups is 1. The molecular weight excluding hydrogens is 601 g/mol. The second-order valence-electron chi connectivity index (χ2n) is 10.9. The minimum absolute atomic E-state index is 0.314. The number of ether oxygens (including phenoxy) is 1. The number of halogens is 3. The van der Waals surface area contributed by atoms with Gasteiger partial charge in [-0.2, -0.15) is 4.99 Å². The summed E-state index contributed by atoms with van der Waals surface area (Å²) < 4.78 is 42.7. The quantitative estimate of drug-likeness (QED) is 0.220. The highest BCUT2D eigenvalue weighted by Gasteiger charge is 2.31. The lowest BCUT2D eigenvalue weighted by Crippen LogP contribution is -2.28. The summed E-state index contributed by atoms with van der Waals surface area (Å²) in [7, 11) is 0. The number of alkyl halides is 3. The van der Waals surface area contributed by atoms with Gasteiger partial charge in [0, 0.05) is 29.2 Å². The van der Waals surface area contributed by atoms with Gasteiger partial charge in [-0.3, -0.25) is 0 Å². The Morgan fingerprint density at radius 3 is 2.42 bits per heavy atom. The number of nitrogens with zero attached hydrogens (tertiary/aromatic N) is 5. The molecule has 0 bridgehead atoms. The molecule has 0 spiro atoms. The predicted molar refractivity (Wildman–Crippen MR) is 173 cm³/mol. The van der Waals surface area contributed by atoms with E-state index in [-0.39, 0.29) is 5.75 Å². The molecule has 8 nitrogen and oxygen atoms in total. The van der Waals surface area contributed by atoms with Crippen molar-refractivity contribution in [3.63, 3.8) is 0 Å². The van der Waals surface area contributed by atoms with Crippen molar-refractivity contribution in [1.29, 1.82) is 0 Å². The summed E-state index contributed by atoms with van der Waals surface area (Å²) in [5, 5.41) is 8.06. The van der Waals surface area contributed by atoms with Gasteiger partial charge in [-0.1, -0.05) is 62.0 Å². The summed E-state index contributed by atoms with van der Waals surface area (Å²) in [4.78, 5) is 23.9. The van der Waals surface area contributed by atoms with Gasteiger partial charge in [0.1, 0.15) is 12.1 Å². The summed E-state index contributed by atoms with van der Waals surface area (Å²) in [6.07, 6.45) is -3.27. The third-order valence-electron chi connectivity index (χ3n) is 7.40. The number of rotatable bonds is 7. The third kappa shape index (κ3) is 7.56. The molecule has 234 valence electrons. The number of nitrogens with one attached hydrogen (secondary N) is 1. The highest BCUT2D eigenvalue weighted by Crippen LogP contribution is 2.35. The SMILES string of the molecule is C/C(NC(=O)/N=C1\SCCN1c1cccc(C)c1C(C)C)=C(/C)c1ccc(-c2ncn(-c3ccc(OC(F)(F)F)cc3)n2)cc1. The third-order valence-corrected chi connectivity index (χ3v) is 8.36. The van der Waals surface area contributed by atoms with E-state index in [1.54, 1.807) is 11.8 Å². The number of benzene rings is 3. The number of amidine groups is 1. The van der Waals surface area contributed by atoms with E-state index in [0.29, 0.717) is 28.3 Å². The topological polar surface area (TPSA) is 84.6 Å². The maximum absolute atomic E-state index is 13.0. The van der Waals surface area contributed by atoms with Crippen LogP contribution in [0.5, 0.6) is 5.75 Å². The second-order valence-corrected chi connectivity index (χ2v) is 11.9. The van der Waals surface area contributed by atoms with Crippen LogP contribution in [0.15, 0.2) is 83.7 Å². The number of hydrogen-bond donors (Lipinski definition) is 1. The van der Waals surface area contributed by atoms with Gasteiger partial charge >= 0.3 is 12.4 Å². The number of allylic oxidation sites excluding steroid dienone is 2. The van der Waals surface area contributed by atoms with Gasteiger partial charge in [-0.05, 0) is 79.3 Å². The molecule has 5 rings (SSSR count). The first-order valence-corrected chi connectivity index (χ1v) is 15.3. The molecule has 1 aliphatic heterocycles. The van der Waals surface area contributed by atoms with Crippen LogP contribution in [-0.4, -0.2) is 44.6 Å². The lowest BCUT2D eigenvalue weighted by atomic mass is 9.95. The van der Waals surface area contributed by atoms with E-state index in [2.05, 4.69) is 62.9 Å². The first-order chi connectivity index (χ1) is 21.4. The van der Waals surface area contributed by atoms with Crippen molar-refractivity contribution < 1.29 is 22.7 Å². The molecule has 0 atom stereocenters. The van der Waals surface area contributed by atoms with Crippen LogP contribution in [0.2, 0.25) is 0 Å². The largest absolute Gasteiger partial charge is 0.573 e. The Bertz CT molecular complexity index is 1750. The molecule has 1 fully saturated rings. The van der Waals surface area contributed by atoms with Gasteiger partial charge in [-0.25, -0.2) is 14.5 Å². The average Bonchev–Trinajstić information content (AvgIpc) is 3.66.